The average Bonchev–Trinajstić information content (AvgIpc) is 3.62. The van der Waals surface area contributed by atoms with Gasteiger partial charge in [0, 0.05) is 30.4 Å². The summed E-state index contributed by atoms with van der Waals surface area (Å²) in [4.78, 5) is 19.0. The summed E-state index contributed by atoms with van der Waals surface area (Å²) < 4.78 is 1.81. The fraction of sp³-hybridized carbons (Fsp3) is 0.407. The van der Waals surface area contributed by atoms with Gasteiger partial charge in [-0.1, -0.05) is 38.1 Å². The summed E-state index contributed by atoms with van der Waals surface area (Å²) in [6, 6.07) is 10.9. The van der Waals surface area contributed by atoms with E-state index in [1.807, 2.05) is 17.6 Å². The standard InChI is InChI=1S/C27H33N7O/c1-16(2)23-24(31-32-25(23)21-13-17(3)26-29-15-30-34(26)14-21)20-10-8-19(9-11-20)18(4)33-12-6-7-22(33)27(35)28-5/h8-11,13-16,18,22H,6-7,12H2,1-5H3,(H,28,35)(H,31,32)/t18-,22?/m0/s1. The van der Waals surface area contributed by atoms with E-state index in [4.69, 9.17) is 5.10 Å². The summed E-state index contributed by atoms with van der Waals surface area (Å²) in [5.41, 5.74) is 8.42. The number of H-pyrrole nitrogens is 1. The number of fused-ring (bicyclic) bond motifs is 1. The number of carbonyl (C=O) groups excluding carboxylic acids is 1. The fourth-order valence-electron chi connectivity index (χ4n) is 5.40. The molecule has 3 aromatic heterocycles. The van der Waals surface area contributed by atoms with E-state index in [9.17, 15) is 4.79 Å². The Morgan fingerprint density at radius 2 is 1.94 bits per heavy atom. The van der Waals surface area contributed by atoms with Crippen LogP contribution in [0.1, 0.15) is 62.3 Å². The zero-order valence-electron chi connectivity index (χ0n) is 21.0. The van der Waals surface area contributed by atoms with Crippen LogP contribution in [0.25, 0.3) is 28.2 Å². The molecule has 8 heteroatoms. The van der Waals surface area contributed by atoms with E-state index >= 15 is 0 Å². The Labute approximate surface area is 205 Å². The van der Waals surface area contributed by atoms with Crippen LogP contribution < -0.4 is 5.32 Å². The molecule has 4 heterocycles. The number of aryl methyl sites for hydroxylation is 1. The summed E-state index contributed by atoms with van der Waals surface area (Å²) in [5, 5.41) is 15.2. The van der Waals surface area contributed by atoms with Crippen molar-refractivity contribution in [1.29, 1.82) is 0 Å². The number of aromatic amines is 1. The number of aromatic nitrogens is 5. The van der Waals surface area contributed by atoms with Gasteiger partial charge in [-0.15, -0.1) is 0 Å². The second-order valence-corrected chi connectivity index (χ2v) is 9.76. The minimum atomic E-state index is -0.0526. The summed E-state index contributed by atoms with van der Waals surface area (Å²) in [6.45, 7) is 9.57. The molecule has 1 unspecified atom stereocenters. The Bertz CT molecular complexity index is 1350. The van der Waals surface area contributed by atoms with E-state index in [1.165, 1.54) is 11.1 Å². The van der Waals surface area contributed by atoms with Crippen molar-refractivity contribution in [2.45, 2.75) is 58.5 Å². The monoisotopic (exact) mass is 471 g/mol. The number of carbonyl (C=O) groups is 1. The summed E-state index contributed by atoms with van der Waals surface area (Å²) in [5.74, 6) is 0.388. The highest BCUT2D eigenvalue weighted by Crippen LogP contribution is 2.37. The molecule has 0 saturated carbocycles. The van der Waals surface area contributed by atoms with Crippen LogP contribution in [0, 0.1) is 6.92 Å². The van der Waals surface area contributed by atoms with Crippen LogP contribution in [0.5, 0.6) is 0 Å². The van der Waals surface area contributed by atoms with E-state index < -0.39 is 0 Å². The molecule has 8 nitrogen and oxygen atoms in total. The minimum absolute atomic E-state index is 0.0526. The molecule has 35 heavy (non-hydrogen) atoms. The maximum absolute atomic E-state index is 12.3. The zero-order valence-corrected chi connectivity index (χ0v) is 21.0. The molecule has 0 spiro atoms. The second-order valence-electron chi connectivity index (χ2n) is 9.76. The van der Waals surface area contributed by atoms with Crippen LogP contribution in [0.4, 0.5) is 0 Å². The van der Waals surface area contributed by atoms with Crippen LogP contribution in [-0.4, -0.2) is 55.2 Å². The summed E-state index contributed by atoms with van der Waals surface area (Å²) in [6.07, 6.45) is 5.53. The van der Waals surface area contributed by atoms with E-state index in [0.717, 1.165) is 53.1 Å². The SMILES string of the molecule is CNC(=O)C1CCCN1[C@@H](C)c1ccc(-c2[nH]nc(-c3cc(C)c4ncnn4c3)c2C(C)C)cc1. The number of nitrogens with one attached hydrogen (secondary N) is 2. The average molecular weight is 472 g/mol. The molecular formula is C27H33N7O. The van der Waals surface area contributed by atoms with Gasteiger partial charge in [0.1, 0.15) is 6.33 Å². The maximum atomic E-state index is 12.3. The van der Waals surface area contributed by atoms with Gasteiger partial charge in [-0.05, 0) is 61.9 Å². The molecular weight excluding hydrogens is 438 g/mol. The number of pyridine rings is 1. The highest BCUT2D eigenvalue weighted by atomic mass is 16.2. The van der Waals surface area contributed by atoms with E-state index in [2.05, 4.69) is 76.5 Å². The highest BCUT2D eigenvalue weighted by Gasteiger charge is 2.33. The van der Waals surface area contributed by atoms with Crippen molar-refractivity contribution in [3.8, 4) is 22.5 Å². The van der Waals surface area contributed by atoms with Crippen molar-refractivity contribution < 1.29 is 4.79 Å². The van der Waals surface area contributed by atoms with Crippen molar-refractivity contribution in [3.05, 3.63) is 59.5 Å². The Hall–Kier alpha value is -3.52. The topological polar surface area (TPSA) is 91.2 Å². The van der Waals surface area contributed by atoms with Gasteiger partial charge in [0.25, 0.3) is 0 Å². The lowest BCUT2D eigenvalue weighted by molar-refractivity contribution is -0.125. The number of rotatable bonds is 6. The van der Waals surface area contributed by atoms with Gasteiger partial charge >= 0.3 is 0 Å². The number of amides is 1. The Morgan fingerprint density at radius 3 is 2.66 bits per heavy atom. The van der Waals surface area contributed by atoms with Crippen LogP contribution in [0.15, 0.2) is 42.9 Å². The van der Waals surface area contributed by atoms with Gasteiger partial charge in [-0.25, -0.2) is 9.50 Å². The second kappa shape index (κ2) is 9.26. The lowest BCUT2D eigenvalue weighted by Gasteiger charge is -2.30. The minimum Gasteiger partial charge on any atom is -0.358 e. The van der Waals surface area contributed by atoms with Gasteiger partial charge in [-0.3, -0.25) is 14.8 Å². The Kier molecular flexibility index (Phi) is 6.15. The third kappa shape index (κ3) is 4.12. The van der Waals surface area contributed by atoms with Crippen molar-refractivity contribution in [2.24, 2.45) is 0 Å². The smallest absolute Gasteiger partial charge is 0.237 e. The number of nitrogens with zero attached hydrogens (tertiary/aromatic N) is 5. The van der Waals surface area contributed by atoms with E-state index in [1.54, 1.807) is 13.4 Å². The summed E-state index contributed by atoms with van der Waals surface area (Å²) in [7, 11) is 1.72. The predicted molar refractivity (Wildman–Crippen MR) is 137 cm³/mol. The molecule has 0 bridgehead atoms. The van der Waals surface area contributed by atoms with Crippen LogP contribution in [0.2, 0.25) is 0 Å². The molecule has 1 fully saturated rings. The lowest BCUT2D eigenvalue weighted by Crippen LogP contribution is -2.42. The van der Waals surface area contributed by atoms with Crippen LogP contribution in [-0.2, 0) is 4.79 Å². The largest absolute Gasteiger partial charge is 0.358 e. The molecule has 0 aliphatic carbocycles. The molecule has 2 N–H and O–H groups in total. The first-order valence-corrected chi connectivity index (χ1v) is 12.3. The molecule has 4 aromatic rings. The first kappa shape index (κ1) is 23.2. The number of hydrogen-bond acceptors (Lipinski definition) is 5. The van der Waals surface area contributed by atoms with Gasteiger partial charge in [0.05, 0.1) is 17.4 Å². The van der Waals surface area contributed by atoms with Crippen LogP contribution >= 0.6 is 0 Å². The molecule has 1 aliphatic heterocycles. The Balaban J connectivity index is 1.46. The molecule has 1 aromatic carbocycles. The molecule has 0 radical (unpaired) electrons. The molecule has 182 valence electrons. The van der Waals surface area contributed by atoms with Gasteiger partial charge in [0.2, 0.25) is 5.91 Å². The maximum Gasteiger partial charge on any atom is 0.237 e. The van der Waals surface area contributed by atoms with Crippen molar-refractivity contribution in [1.82, 2.24) is 35.0 Å². The normalized spacial score (nSPS) is 17.4. The predicted octanol–water partition coefficient (Wildman–Crippen LogP) is 4.49. The van der Waals surface area contributed by atoms with Gasteiger partial charge in [0.15, 0.2) is 5.65 Å². The number of likely N-dealkylation sites (N-methyl/N-ethyl adjacent to an activating group) is 1. The molecule has 2 atom stereocenters. The Morgan fingerprint density at radius 1 is 1.17 bits per heavy atom. The molecule has 5 rings (SSSR count). The van der Waals surface area contributed by atoms with Gasteiger partial charge in [-0.2, -0.15) is 10.2 Å². The van der Waals surface area contributed by atoms with Crippen LogP contribution in [0.3, 0.4) is 0 Å². The lowest BCUT2D eigenvalue weighted by atomic mass is 9.93. The first-order chi connectivity index (χ1) is 16.9. The number of hydrogen-bond donors (Lipinski definition) is 2. The van der Waals surface area contributed by atoms with E-state index in [-0.39, 0.29) is 23.9 Å². The van der Waals surface area contributed by atoms with Gasteiger partial charge < -0.3 is 5.32 Å². The van der Waals surface area contributed by atoms with Crippen molar-refractivity contribution in [3.63, 3.8) is 0 Å². The zero-order chi connectivity index (χ0) is 24.7. The van der Waals surface area contributed by atoms with Crippen molar-refractivity contribution in [2.75, 3.05) is 13.6 Å². The number of benzene rings is 1. The van der Waals surface area contributed by atoms with E-state index in [0.29, 0.717) is 0 Å². The first-order valence-electron chi connectivity index (χ1n) is 12.3. The molecule has 1 aliphatic rings. The fourth-order valence-corrected chi connectivity index (χ4v) is 5.40. The third-order valence-electron chi connectivity index (χ3n) is 7.24. The number of likely N-dealkylation sites (tertiary alicyclic amines) is 1. The molecule has 1 saturated heterocycles. The highest BCUT2D eigenvalue weighted by molar-refractivity contribution is 5.81. The molecule has 1 amide bonds. The van der Waals surface area contributed by atoms with Crippen molar-refractivity contribution >= 4 is 11.6 Å². The quantitative estimate of drug-likeness (QED) is 0.432. The summed E-state index contributed by atoms with van der Waals surface area (Å²) >= 11 is 0. The third-order valence-corrected chi connectivity index (χ3v) is 7.24.